The number of ether oxygens (including phenoxy) is 1. The van der Waals surface area contributed by atoms with E-state index < -0.39 is 0 Å². The van der Waals surface area contributed by atoms with E-state index in [1.807, 2.05) is 6.07 Å². The van der Waals surface area contributed by atoms with Crippen LogP contribution >= 0.6 is 15.9 Å². The molecule has 0 aliphatic heterocycles. The minimum atomic E-state index is 0.362. The number of benzene rings is 1. The van der Waals surface area contributed by atoms with E-state index in [4.69, 9.17) is 4.74 Å². The summed E-state index contributed by atoms with van der Waals surface area (Å²) < 4.78 is 6.28. The normalized spacial score (nSPS) is 16.6. The van der Waals surface area contributed by atoms with Gasteiger partial charge in [0.1, 0.15) is 5.75 Å². The van der Waals surface area contributed by atoms with E-state index >= 15 is 0 Å². The summed E-state index contributed by atoms with van der Waals surface area (Å²) in [6.45, 7) is 3.26. The van der Waals surface area contributed by atoms with E-state index in [0.29, 0.717) is 6.04 Å². The van der Waals surface area contributed by atoms with Gasteiger partial charge in [-0.1, -0.05) is 17.7 Å². The Labute approximate surface area is 130 Å². The SMILES string of the molecule is COc1ccc(C(C)NCCC2=CCCCC2)cc1Br. The van der Waals surface area contributed by atoms with Crippen molar-refractivity contribution in [2.75, 3.05) is 13.7 Å². The molecule has 2 nitrogen and oxygen atoms in total. The van der Waals surface area contributed by atoms with Crippen molar-refractivity contribution in [3.8, 4) is 5.75 Å². The lowest BCUT2D eigenvalue weighted by atomic mass is 9.97. The first-order chi connectivity index (χ1) is 9.70. The highest BCUT2D eigenvalue weighted by atomic mass is 79.9. The van der Waals surface area contributed by atoms with Crippen LogP contribution in [0.2, 0.25) is 0 Å². The lowest BCUT2D eigenvalue weighted by Gasteiger charge is -2.17. The quantitative estimate of drug-likeness (QED) is 0.737. The van der Waals surface area contributed by atoms with Gasteiger partial charge in [-0.15, -0.1) is 0 Å². The molecule has 0 aromatic heterocycles. The number of methoxy groups -OCH3 is 1. The van der Waals surface area contributed by atoms with E-state index in [1.54, 1.807) is 12.7 Å². The molecule has 1 aromatic carbocycles. The highest BCUT2D eigenvalue weighted by Gasteiger charge is 2.09. The van der Waals surface area contributed by atoms with Crippen molar-refractivity contribution in [3.05, 3.63) is 39.9 Å². The molecule has 0 amide bonds. The average Bonchev–Trinajstić information content (AvgIpc) is 2.48. The molecule has 1 N–H and O–H groups in total. The van der Waals surface area contributed by atoms with E-state index in [9.17, 15) is 0 Å². The Morgan fingerprint density at radius 3 is 2.85 bits per heavy atom. The molecule has 0 bridgehead atoms. The zero-order valence-electron chi connectivity index (χ0n) is 12.4. The molecule has 20 heavy (non-hydrogen) atoms. The first kappa shape index (κ1) is 15.6. The topological polar surface area (TPSA) is 21.3 Å². The Hall–Kier alpha value is -0.800. The summed E-state index contributed by atoms with van der Waals surface area (Å²) in [5, 5.41) is 3.61. The van der Waals surface area contributed by atoms with Crippen LogP contribution < -0.4 is 10.1 Å². The third-order valence-electron chi connectivity index (χ3n) is 3.96. The predicted octanol–water partition coefficient (Wildman–Crippen LogP) is 5.00. The van der Waals surface area contributed by atoms with Crippen LogP contribution in [-0.2, 0) is 0 Å². The van der Waals surface area contributed by atoms with Gasteiger partial charge in [0.2, 0.25) is 0 Å². The number of hydrogen-bond acceptors (Lipinski definition) is 2. The predicted molar refractivity (Wildman–Crippen MR) is 88.3 cm³/mol. The molecule has 2 rings (SSSR count). The van der Waals surface area contributed by atoms with Gasteiger partial charge in [-0.2, -0.15) is 0 Å². The van der Waals surface area contributed by atoms with Crippen LogP contribution in [0.25, 0.3) is 0 Å². The van der Waals surface area contributed by atoms with Gasteiger partial charge in [0.15, 0.2) is 0 Å². The largest absolute Gasteiger partial charge is 0.496 e. The van der Waals surface area contributed by atoms with Crippen molar-refractivity contribution in [2.24, 2.45) is 0 Å². The van der Waals surface area contributed by atoms with Crippen LogP contribution in [0.1, 0.15) is 50.6 Å². The fourth-order valence-electron chi connectivity index (χ4n) is 2.65. The summed E-state index contributed by atoms with van der Waals surface area (Å²) in [5.74, 6) is 0.883. The van der Waals surface area contributed by atoms with E-state index in [1.165, 1.54) is 37.7 Å². The minimum absolute atomic E-state index is 0.362. The molecule has 1 aliphatic rings. The second-order valence-corrected chi connectivity index (χ2v) is 6.28. The smallest absolute Gasteiger partial charge is 0.133 e. The van der Waals surface area contributed by atoms with Gasteiger partial charge in [-0.05, 0) is 79.2 Å². The molecule has 3 heteroatoms. The minimum Gasteiger partial charge on any atom is -0.496 e. The Bertz CT molecular complexity index is 470. The van der Waals surface area contributed by atoms with Crippen LogP contribution in [0, 0.1) is 0 Å². The molecule has 0 saturated carbocycles. The van der Waals surface area contributed by atoms with Crippen molar-refractivity contribution in [2.45, 2.75) is 45.1 Å². The number of halogens is 1. The summed E-state index contributed by atoms with van der Waals surface area (Å²) in [6, 6.07) is 6.64. The maximum atomic E-state index is 5.27. The van der Waals surface area contributed by atoms with Gasteiger partial charge in [0, 0.05) is 6.04 Å². The molecule has 0 heterocycles. The van der Waals surface area contributed by atoms with Gasteiger partial charge in [-0.25, -0.2) is 0 Å². The first-order valence-corrected chi connectivity index (χ1v) is 8.24. The molecule has 110 valence electrons. The number of allylic oxidation sites excluding steroid dienone is 1. The Balaban J connectivity index is 1.83. The van der Waals surface area contributed by atoms with E-state index in [0.717, 1.165) is 16.8 Å². The van der Waals surface area contributed by atoms with Crippen molar-refractivity contribution in [1.82, 2.24) is 5.32 Å². The molecule has 1 atom stereocenters. The van der Waals surface area contributed by atoms with Crippen LogP contribution in [0.15, 0.2) is 34.3 Å². The van der Waals surface area contributed by atoms with Gasteiger partial charge in [0.05, 0.1) is 11.6 Å². The lowest BCUT2D eigenvalue weighted by molar-refractivity contribution is 0.411. The second kappa shape index (κ2) is 7.84. The zero-order chi connectivity index (χ0) is 14.4. The highest BCUT2D eigenvalue weighted by Crippen LogP contribution is 2.28. The van der Waals surface area contributed by atoms with Crippen LogP contribution in [0.3, 0.4) is 0 Å². The molecule has 0 fully saturated rings. The van der Waals surface area contributed by atoms with E-state index in [-0.39, 0.29) is 0 Å². The molecule has 0 radical (unpaired) electrons. The van der Waals surface area contributed by atoms with Gasteiger partial charge < -0.3 is 10.1 Å². The molecule has 1 unspecified atom stereocenters. The third-order valence-corrected chi connectivity index (χ3v) is 4.58. The monoisotopic (exact) mass is 337 g/mol. The summed E-state index contributed by atoms with van der Waals surface area (Å²) in [6.07, 6.45) is 8.92. The molecule has 1 aromatic rings. The summed E-state index contributed by atoms with van der Waals surface area (Å²) in [7, 11) is 1.69. The van der Waals surface area contributed by atoms with Crippen LogP contribution in [0.4, 0.5) is 0 Å². The van der Waals surface area contributed by atoms with Crippen LogP contribution in [0.5, 0.6) is 5.75 Å². The molecule has 0 spiro atoms. The number of hydrogen-bond donors (Lipinski definition) is 1. The first-order valence-electron chi connectivity index (χ1n) is 7.45. The summed E-state index contributed by atoms with van der Waals surface area (Å²) >= 11 is 3.54. The van der Waals surface area contributed by atoms with Crippen molar-refractivity contribution in [3.63, 3.8) is 0 Å². The zero-order valence-corrected chi connectivity index (χ0v) is 14.0. The number of rotatable bonds is 6. The fourth-order valence-corrected chi connectivity index (χ4v) is 3.21. The summed E-state index contributed by atoms with van der Waals surface area (Å²) in [4.78, 5) is 0. The Kier molecular flexibility index (Phi) is 6.11. The van der Waals surface area contributed by atoms with Crippen molar-refractivity contribution in [1.29, 1.82) is 0 Å². The van der Waals surface area contributed by atoms with Gasteiger partial charge in [0.25, 0.3) is 0 Å². The molecular weight excluding hydrogens is 314 g/mol. The molecule has 1 aliphatic carbocycles. The van der Waals surface area contributed by atoms with Crippen molar-refractivity contribution < 1.29 is 4.74 Å². The van der Waals surface area contributed by atoms with E-state index in [2.05, 4.69) is 46.4 Å². The molecule has 0 saturated heterocycles. The Morgan fingerprint density at radius 1 is 1.35 bits per heavy atom. The second-order valence-electron chi connectivity index (χ2n) is 5.43. The average molecular weight is 338 g/mol. The van der Waals surface area contributed by atoms with Crippen LogP contribution in [-0.4, -0.2) is 13.7 Å². The standard InChI is InChI=1S/C17H24BrNO/c1-13(15-8-9-17(20-2)16(18)12-15)19-11-10-14-6-4-3-5-7-14/h6,8-9,12-13,19H,3-5,7,10-11H2,1-2H3. The van der Waals surface area contributed by atoms with Gasteiger partial charge in [-0.3, -0.25) is 0 Å². The third kappa shape index (κ3) is 4.35. The molecular formula is C17H24BrNO. The lowest BCUT2D eigenvalue weighted by Crippen LogP contribution is -2.20. The van der Waals surface area contributed by atoms with Gasteiger partial charge >= 0.3 is 0 Å². The maximum Gasteiger partial charge on any atom is 0.133 e. The van der Waals surface area contributed by atoms with Crippen molar-refractivity contribution >= 4 is 15.9 Å². The summed E-state index contributed by atoms with van der Waals surface area (Å²) in [5.41, 5.74) is 2.92. The highest BCUT2D eigenvalue weighted by molar-refractivity contribution is 9.10. The Morgan fingerprint density at radius 2 is 2.20 bits per heavy atom. The number of nitrogens with one attached hydrogen (secondary N) is 1. The maximum absolute atomic E-state index is 5.27. The fraction of sp³-hybridized carbons (Fsp3) is 0.529.